The summed E-state index contributed by atoms with van der Waals surface area (Å²) in [5, 5.41) is 0. The van der Waals surface area contributed by atoms with Crippen LogP contribution >= 0.6 is 0 Å². The lowest BCUT2D eigenvalue weighted by Gasteiger charge is -2.22. The third kappa shape index (κ3) is 3.65. The molecule has 2 aromatic rings. The second-order valence-corrected chi connectivity index (χ2v) is 8.38. The van der Waals surface area contributed by atoms with Gasteiger partial charge in [0, 0.05) is 12.6 Å². The van der Waals surface area contributed by atoms with Crippen LogP contribution in [-0.2, 0) is 16.6 Å². The predicted octanol–water partition coefficient (Wildman–Crippen LogP) is 4.16. The fourth-order valence-electron chi connectivity index (χ4n) is 2.69. The Bertz CT molecular complexity index is 748. The fourth-order valence-corrected chi connectivity index (χ4v) is 4.38. The molecule has 0 saturated heterocycles. The Morgan fingerprint density at radius 2 is 1.61 bits per heavy atom. The Hall–Kier alpha value is -1.65. The van der Waals surface area contributed by atoms with Gasteiger partial charge in [0.25, 0.3) is 0 Å². The first kappa shape index (κ1) is 16.2. The Morgan fingerprint density at radius 3 is 2.13 bits per heavy atom. The summed E-state index contributed by atoms with van der Waals surface area (Å²) in [6.07, 6.45) is 1.91. The lowest BCUT2D eigenvalue weighted by molar-refractivity contribution is 0.398. The number of hydrogen-bond donors (Lipinski definition) is 0. The minimum Gasteiger partial charge on any atom is -0.207 e. The van der Waals surface area contributed by atoms with Crippen molar-refractivity contribution < 1.29 is 8.42 Å². The topological polar surface area (TPSA) is 37.4 Å². The zero-order valence-corrected chi connectivity index (χ0v) is 14.5. The monoisotopic (exact) mass is 329 g/mol. The molecule has 0 spiro atoms. The molecular formula is C19H23NO2S. The first-order valence-corrected chi connectivity index (χ1v) is 9.58. The maximum atomic E-state index is 12.9. The number of nitrogens with zero attached hydrogens (tertiary/aromatic N) is 1. The van der Waals surface area contributed by atoms with Crippen LogP contribution in [0.1, 0.15) is 43.7 Å². The highest BCUT2D eigenvalue weighted by atomic mass is 32.2. The summed E-state index contributed by atoms with van der Waals surface area (Å²) in [4.78, 5) is 0.380. The molecule has 23 heavy (non-hydrogen) atoms. The van der Waals surface area contributed by atoms with Gasteiger partial charge in [0.1, 0.15) is 0 Å². The van der Waals surface area contributed by atoms with Gasteiger partial charge in [-0.05, 0) is 42.0 Å². The van der Waals surface area contributed by atoms with E-state index in [1.807, 2.05) is 18.2 Å². The third-order valence-electron chi connectivity index (χ3n) is 4.29. The van der Waals surface area contributed by atoms with E-state index >= 15 is 0 Å². The summed E-state index contributed by atoms with van der Waals surface area (Å²) in [5.74, 6) is 0.483. The average molecular weight is 329 g/mol. The maximum Gasteiger partial charge on any atom is 0.243 e. The van der Waals surface area contributed by atoms with Gasteiger partial charge in [-0.25, -0.2) is 8.42 Å². The van der Waals surface area contributed by atoms with E-state index in [0.717, 1.165) is 18.4 Å². The molecule has 0 atom stereocenters. The number of hydrogen-bond acceptors (Lipinski definition) is 2. The molecule has 2 aromatic carbocycles. The standard InChI is InChI=1S/C19H23NO2S/c1-15(2)17-10-8-16(9-11-17)14-20(18-12-13-18)23(21,22)19-6-4-3-5-7-19/h3-11,15,18H,12-14H2,1-2H3. The van der Waals surface area contributed by atoms with Crippen molar-refractivity contribution in [1.29, 1.82) is 0 Å². The number of sulfonamides is 1. The smallest absolute Gasteiger partial charge is 0.207 e. The van der Waals surface area contributed by atoms with E-state index in [0.29, 0.717) is 17.4 Å². The normalized spacial score (nSPS) is 15.3. The van der Waals surface area contributed by atoms with Crippen LogP contribution in [-0.4, -0.2) is 18.8 Å². The van der Waals surface area contributed by atoms with Crippen molar-refractivity contribution in [3.63, 3.8) is 0 Å². The highest BCUT2D eigenvalue weighted by molar-refractivity contribution is 7.89. The largest absolute Gasteiger partial charge is 0.243 e. The van der Waals surface area contributed by atoms with Gasteiger partial charge in [-0.1, -0.05) is 56.3 Å². The van der Waals surface area contributed by atoms with Gasteiger partial charge in [-0.2, -0.15) is 4.31 Å². The van der Waals surface area contributed by atoms with Crippen LogP contribution in [0.4, 0.5) is 0 Å². The van der Waals surface area contributed by atoms with E-state index in [9.17, 15) is 8.42 Å². The van der Waals surface area contributed by atoms with Gasteiger partial charge in [0.2, 0.25) is 10.0 Å². The molecule has 0 heterocycles. The zero-order valence-electron chi connectivity index (χ0n) is 13.6. The van der Waals surface area contributed by atoms with Crippen molar-refractivity contribution in [3.05, 3.63) is 65.7 Å². The highest BCUT2D eigenvalue weighted by Gasteiger charge is 2.37. The van der Waals surface area contributed by atoms with Gasteiger partial charge < -0.3 is 0 Å². The Kier molecular flexibility index (Phi) is 4.55. The van der Waals surface area contributed by atoms with Gasteiger partial charge >= 0.3 is 0 Å². The van der Waals surface area contributed by atoms with Crippen molar-refractivity contribution in [2.75, 3.05) is 0 Å². The molecule has 4 heteroatoms. The van der Waals surface area contributed by atoms with E-state index in [2.05, 4.69) is 26.0 Å². The molecule has 0 aromatic heterocycles. The van der Waals surface area contributed by atoms with Crippen LogP contribution in [0.2, 0.25) is 0 Å². The van der Waals surface area contributed by atoms with Gasteiger partial charge in [0.05, 0.1) is 4.90 Å². The van der Waals surface area contributed by atoms with Gasteiger partial charge in [-0.15, -0.1) is 0 Å². The van der Waals surface area contributed by atoms with Crippen molar-refractivity contribution in [1.82, 2.24) is 4.31 Å². The molecule has 0 aliphatic heterocycles. The lowest BCUT2D eigenvalue weighted by Crippen LogP contribution is -2.32. The first-order valence-electron chi connectivity index (χ1n) is 8.14. The molecule has 1 aliphatic carbocycles. The summed E-state index contributed by atoms with van der Waals surface area (Å²) >= 11 is 0. The second kappa shape index (κ2) is 6.46. The quantitative estimate of drug-likeness (QED) is 0.798. The van der Waals surface area contributed by atoms with Crippen LogP contribution in [0.15, 0.2) is 59.5 Å². The zero-order chi connectivity index (χ0) is 16.4. The number of benzene rings is 2. The summed E-state index contributed by atoms with van der Waals surface area (Å²) in [6.45, 7) is 4.76. The van der Waals surface area contributed by atoms with E-state index in [1.165, 1.54) is 5.56 Å². The van der Waals surface area contributed by atoms with Crippen LogP contribution < -0.4 is 0 Å². The van der Waals surface area contributed by atoms with E-state index in [1.54, 1.807) is 28.6 Å². The molecular weight excluding hydrogens is 306 g/mol. The number of rotatable bonds is 6. The molecule has 1 saturated carbocycles. The molecule has 3 nitrogen and oxygen atoms in total. The predicted molar refractivity (Wildman–Crippen MR) is 92.7 cm³/mol. The second-order valence-electron chi connectivity index (χ2n) is 6.49. The third-order valence-corrected chi connectivity index (χ3v) is 6.20. The average Bonchev–Trinajstić information content (AvgIpc) is 3.38. The van der Waals surface area contributed by atoms with Crippen LogP contribution in [0.5, 0.6) is 0 Å². The maximum absolute atomic E-state index is 12.9. The summed E-state index contributed by atoms with van der Waals surface area (Å²) in [6, 6.07) is 17.2. The molecule has 1 aliphatic rings. The minimum absolute atomic E-state index is 0.144. The minimum atomic E-state index is -3.43. The molecule has 0 radical (unpaired) electrons. The summed E-state index contributed by atoms with van der Waals surface area (Å²) < 4.78 is 27.5. The lowest BCUT2D eigenvalue weighted by atomic mass is 10.0. The van der Waals surface area contributed by atoms with Gasteiger partial charge in [-0.3, -0.25) is 0 Å². The van der Waals surface area contributed by atoms with E-state index in [-0.39, 0.29) is 6.04 Å². The molecule has 0 unspecified atom stereocenters. The van der Waals surface area contributed by atoms with Crippen LogP contribution in [0.3, 0.4) is 0 Å². The molecule has 0 bridgehead atoms. The Labute approximate surface area is 139 Å². The van der Waals surface area contributed by atoms with Crippen molar-refractivity contribution in [2.24, 2.45) is 0 Å². The van der Waals surface area contributed by atoms with Crippen LogP contribution in [0, 0.1) is 0 Å². The van der Waals surface area contributed by atoms with Crippen molar-refractivity contribution in [2.45, 2.75) is 50.1 Å². The Balaban J connectivity index is 1.85. The first-order chi connectivity index (χ1) is 11.0. The molecule has 122 valence electrons. The highest BCUT2D eigenvalue weighted by Crippen LogP contribution is 2.33. The molecule has 1 fully saturated rings. The van der Waals surface area contributed by atoms with Crippen molar-refractivity contribution in [3.8, 4) is 0 Å². The van der Waals surface area contributed by atoms with Crippen LogP contribution in [0.25, 0.3) is 0 Å². The van der Waals surface area contributed by atoms with E-state index in [4.69, 9.17) is 0 Å². The molecule has 0 amide bonds. The van der Waals surface area contributed by atoms with Crippen molar-refractivity contribution >= 4 is 10.0 Å². The Morgan fingerprint density at radius 1 is 1.00 bits per heavy atom. The SMILES string of the molecule is CC(C)c1ccc(CN(C2CC2)S(=O)(=O)c2ccccc2)cc1. The molecule has 3 rings (SSSR count). The molecule has 0 N–H and O–H groups in total. The summed E-state index contributed by atoms with van der Waals surface area (Å²) in [7, 11) is -3.43. The fraction of sp³-hybridized carbons (Fsp3) is 0.368. The van der Waals surface area contributed by atoms with E-state index < -0.39 is 10.0 Å². The summed E-state index contributed by atoms with van der Waals surface area (Å²) in [5.41, 5.74) is 2.32. The van der Waals surface area contributed by atoms with Gasteiger partial charge in [0.15, 0.2) is 0 Å².